The van der Waals surface area contributed by atoms with E-state index >= 15 is 0 Å². The highest BCUT2D eigenvalue weighted by molar-refractivity contribution is 6.33. The first-order chi connectivity index (χ1) is 10.8. The molecule has 0 aliphatic heterocycles. The lowest BCUT2D eigenvalue weighted by molar-refractivity contribution is -0.139. The van der Waals surface area contributed by atoms with Gasteiger partial charge in [-0.05, 0) is 36.6 Å². The monoisotopic (exact) mass is 341 g/mol. The van der Waals surface area contributed by atoms with Gasteiger partial charge < -0.3 is 5.11 Å². The van der Waals surface area contributed by atoms with Crippen molar-refractivity contribution < 1.29 is 23.1 Å². The van der Waals surface area contributed by atoms with Gasteiger partial charge in [0.05, 0.1) is 22.2 Å². The molecular weight excluding hydrogens is 331 g/mol. The number of carboxylic acids is 1. The molecule has 1 aliphatic carbocycles. The van der Waals surface area contributed by atoms with Crippen LogP contribution >= 0.6 is 11.6 Å². The summed E-state index contributed by atoms with van der Waals surface area (Å²) in [5.74, 6) is -1.56. The number of aryl methyl sites for hydroxylation is 1. The van der Waals surface area contributed by atoms with Crippen LogP contribution in [0.3, 0.4) is 0 Å². The quantitative estimate of drug-likeness (QED) is 0.872. The van der Waals surface area contributed by atoms with Gasteiger partial charge >= 0.3 is 12.1 Å². The van der Waals surface area contributed by atoms with E-state index < -0.39 is 23.6 Å². The van der Waals surface area contributed by atoms with Gasteiger partial charge in [-0.1, -0.05) is 23.7 Å². The Morgan fingerprint density at radius 3 is 2.48 bits per heavy atom. The molecule has 0 fully saturated rings. The Labute approximate surface area is 134 Å². The zero-order chi connectivity index (χ0) is 16.8. The Morgan fingerprint density at radius 2 is 1.91 bits per heavy atom. The van der Waals surface area contributed by atoms with Gasteiger partial charge in [0.1, 0.15) is 0 Å². The van der Waals surface area contributed by atoms with Crippen molar-refractivity contribution in [3.05, 3.63) is 52.2 Å². The van der Waals surface area contributed by atoms with E-state index in [1.807, 2.05) is 0 Å². The van der Waals surface area contributed by atoms with Crippen molar-refractivity contribution in [1.82, 2.24) is 4.98 Å². The van der Waals surface area contributed by atoms with Gasteiger partial charge in [0.15, 0.2) is 0 Å². The van der Waals surface area contributed by atoms with E-state index in [-0.39, 0.29) is 5.02 Å². The summed E-state index contributed by atoms with van der Waals surface area (Å²) in [6.45, 7) is 0. The lowest BCUT2D eigenvalue weighted by Crippen LogP contribution is -2.08. The van der Waals surface area contributed by atoms with Crippen LogP contribution in [0.5, 0.6) is 0 Å². The number of rotatable bonds is 2. The van der Waals surface area contributed by atoms with Gasteiger partial charge in [0.25, 0.3) is 0 Å². The summed E-state index contributed by atoms with van der Waals surface area (Å²) in [6, 6.07) is 6.13. The molecule has 23 heavy (non-hydrogen) atoms. The molecule has 0 bridgehead atoms. The number of hydrogen-bond donors (Lipinski definition) is 1. The maximum Gasteiger partial charge on any atom is 0.416 e. The fourth-order valence-electron chi connectivity index (χ4n) is 2.76. The standard InChI is InChI=1S/C16H11ClF3NO2/c17-12-7-11-10(15(22)23)5-6-13(11)21-14(12)8-1-3-9(4-2-8)16(18,19)20/h1-4,7,10H,5-6H2,(H,22,23). The van der Waals surface area contributed by atoms with Crippen LogP contribution in [0.2, 0.25) is 5.02 Å². The highest BCUT2D eigenvalue weighted by Gasteiger charge is 2.32. The van der Waals surface area contributed by atoms with Crippen molar-refractivity contribution in [3.63, 3.8) is 0 Å². The second-order valence-corrected chi connectivity index (χ2v) is 5.77. The van der Waals surface area contributed by atoms with Gasteiger partial charge in [0.2, 0.25) is 0 Å². The Kier molecular flexibility index (Phi) is 3.80. The maximum atomic E-state index is 12.6. The number of pyridine rings is 1. The Hall–Kier alpha value is -2.08. The summed E-state index contributed by atoms with van der Waals surface area (Å²) in [7, 11) is 0. The van der Waals surface area contributed by atoms with E-state index in [4.69, 9.17) is 16.7 Å². The fraction of sp³-hybridized carbons (Fsp3) is 0.250. The second kappa shape index (κ2) is 5.53. The number of aromatic nitrogens is 1. The molecule has 0 saturated carbocycles. The van der Waals surface area contributed by atoms with Crippen molar-refractivity contribution in [2.75, 3.05) is 0 Å². The molecule has 120 valence electrons. The molecule has 1 atom stereocenters. The Morgan fingerprint density at radius 1 is 1.26 bits per heavy atom. The predicted octanol–water partition coefficient (Wildman–Crippen LogP) is 4.54. The van der Waals surface area contributed by atoms with Gasteiger partial charge in [-0.25, -0.2) is 0 Å². The molecule has 2 aromatic rings. The summed E-state index contributed by atoms with van der Waals surface area (Å²) in [6.07, 6.45) is -3.44. The number of fused-ring (bicyclic) bond motifs is 1. The zero-order valence-electron chi connectivity index (χ0n) is 11.7. The molecule has 1 heterocycles. The number of halogens is 4. The highest BCUT2D eigenvalue weighted by Crippen LogP contribution is 2.38. The minimum absolute atomic E-state index is 0.233. The van der Waals surface area contributed by atoms with Crippen LogP contribution in [0.4, 0.5) is 13.2 Å². The van der Waals surface area contributed by atoms with E-state index in [2.05, 4.69) is 4.98 Å². The van der Waals surface area contributed by atoms with Crippen LogP contribution in [0.1, 0.15) is 29.2 Å². The van der Waals surface area contributed by atoms with Crippen molar-refractivity contribution in [2.24, 2.45) is 0 Å². The predicted molar refractivity (Wildman–Crippen MR) is 78.4 cm³/mol. The van der Waals surface area contributed by atoms with E-state index in [9.17, 15) is 18.0 Å². The first-order valence-corrected chi connectivity index (χ1v) is 7.25. The molecule has 3 rings (SSSR count). The summed E-state index contributed by atoms with van der Waals surface area (Å²) < 4.78 is 37.8. The van der Waals surface area contributed by atoms with E-state index in [1.165, 1.54) is 12.1 Å². The van der Waals surface area contributed by atoms with Crippen LogP contribution in [0, 0.1) is 0 Å². The first-order valence-electron chi connectivity index (χ1n) is 6.87. The van der Waals surface area contributed by atoms with Crippen molar-refractivity contribution in [1.29, 1.82) is 0 Å². The number of nitrogens with zero attached hydrogens (tertiary/aromatic N) is 1. The van der Waals surface area contributed by atoms with E-state index in [1.54, 1.807) is 6.07 Å². The molecule has 1 aromatic carbocycles. The molecular formula is C16H11ClF3NO2. The van der Waals surface area contributed by atoms with Crippen LogP contribution in [0.25, 0.3) is 11.3 Å². The lowest BCUT2D eigenvalue weighted by atomic mass is 10.0. The average Bonchev–Trinajstić information content (AvgIpc) is 2.88. The smallest absolute Gasteiger partial charge is 0.416 e. The molecule has 1 unspecified atom stereocenters. The Bertz CT molecular complexity index is 772. The SMILES string of the molecule is O=C(O)C1CCc2nc(-c3ccc(C(F)(F)F)cc3)c(Cl)cc21. The number of aliphatic carboxylic acids is 1. The summed E-state index contributed by atoms with van der Waals surface area (Å²) >= 11 is 6.16. The number of carbonyl (C=O) groups is 1. The van der Waals surface area contributed by atoms with Crippen molar-refractivity contribution in [3.8, 4) is 11.3 Å². The Balaban J connectivity index is 2.00. The van der Waals surface area contributed by atoms with Gasteiger partial charge in [-0.3, -0.25) is 9.78 Å². The lowest BCUT2D eigenvalue weighted by Gasteiger charge is -2.11. The van der Waals surface area contributed by atoms with E-state index in [0.29, 0.717) is 35.4 Å². The van der Waals surface area contributed by atoms with Gasteiger partial charge in [0, 0.05) is 11.3 Å². The largest absolute Gasteiger partial charge is 0.481 e. The average molecular weight is 342 g/mol. The maximum absolute atomic E-state index is 12.6. The minimum atomic E-state index is -4.40. The molecule has 1 aromatic heterocycles. The summed E-state index contributed by atoms with van der Waals surface area (Å²) in [5.41, 5.74) is 1.30. The minimum Gasteiger partial charge on any atom is -0.481 e. The van der Waals surface area contributed by atoms with Gasteiger partial charge in [-0.2, -0.15) is 13.2 Å². The normalized spacial score (nSPS) is 17.1. The van der Waals surface area contributed by atoms with E-state index in [0.717, 1.165) is 12.1 Å². The summed E-state index contributed by atoms with van der Waals surface area (Å²) in [5, 5.41) is 9.40. The molecule has 7 heteroatoms. The molecule has 1 N–H and O–H groups in total. The molecule has 0 amide bonds. The van der Waals surface area contributed by atoms with Crippen molar-refractivity contribution in [2.45, 2.75) is 24.9 Å². The first kappa shape index (κ1) is 15.8. The van der Waals surface area contributed by atoms with Crippen molar-refractivity contribution >= 4 is 17.6 Å². The highest BCUT2D eigenvalue weighted by atomic mass is 35.5. The zero-order valence-corrected chi connectivity index (χ0v) is 12.4. The summed E-state index contributed by atoms with van der Waals surface area (Å²) in [4.78, 5) is 15.6. The third kappa shape index (κ3) is 2.91. The topological polar surface area (TPSA) is 50.2 Å². The van der Waals surface area contributed by atoms with Crippen LogP contribution in [-0.2, 0) is 17.4 Å². The third-order valence-corrected chi connectivity index (χ3v) is 4.21. The molecule has 0 radical (unpaired) electrons. The molecule has 0 saturated heterocycles. The van der Waals surface area contributed by atoms with Gasteiger partial charge in [-0.15, -0.1) is 0 Å². The molecule has 1 aliphatic rings. The van der Waals surface area contributed by atoms with Crippen LogP contribution in [-0.4, -0.2) is 16.1 Å². The van der Waals surface area contributed by atoms with Crippen LogP contribution in [0.15, 0.2) is 30.3 Å². The molecule has 3 nitrogen and oxygen atoms in total. The number of benzene rings is 1. The molecule has 0 spiro atoms. The number of alkyl halides is 3. The second-order valence-electron chi connectivity index (χ2n) is 5.36. The third-order valence-electron chi connectivity index (χ3n) is 3.92. The fourth-order valence-corrected chi connectivity index (χ4v) is 3.02. The number of hydrogen-bond acceptors (Lipinski definition) is 2. The van der Waals surface area contributed by atoms with Crippen LogP contribution < -0.4 is 0 Å². The number of carboxylic acid groups (broad SMARTS) is 1.